The zero-order chi connectivity index (χ0) is 28.9. The van der Waals surface area contributed by atoms with E-state index in [2.05, 4.69) is 43.2 Å². The Morgan fingerprint density at radius 1 is 1.03 bits per heavy atom. The molecule has 1 fully saturated rings. The summed E-state index contributed by atoms with van der Waals surface area (Å²) in [5.74, 6) is -0.213. The minimum absolute atomic E-state index is 0.0562. The molecule has 1 aliphatic rings. The Kier molecular flexibility index (Phi) is 19.8. The second kappa shape index (κ2) is 21.3. The van der Waals surface area contributed by atoms with Gasteiger partial charge in [0.1, 0.15) is 0 Å². The van der Waals surface area contributed by atoms with Crippen LogP contribution < -0.4 is 10.6 Å². The fourth-order valence-electron chi connectivity index (χ4n) is 4.04. The topological polar surface area (TPSA) is 81.8 Å². The number of nitrogens with one attached hydrogen (secondary N) is 2. The van der Waals surface area contributed by atoms with Crippen molar-refractivity contribution in [2.24, 2.45) is 5.92 Å². The van der Waals surface area contributed by atoms with E-state index >= 15 is 0 Å². The normalized spacial score (nSPS) is 14.4. The second-order valence-electron chi connectivity index (χ2n) is 10.5. The fraction of sp³-hybridized carbons (Fsp3) is 0.645. The zero-order valence-corrected chi connectivity index (χ0v) is 25.3. The van der Waals surface area contributed by atoms with E-state index in [0.717, 1.165) is 12.5 Å². The van der Waals surface area contributed by atoms with Gasteiger partial charge in [-0.2, -0.15) is 0 Å². The maximum absolute atomic E-state index is 12.3. The van der Waals surface area contributed by atoms with E-state index in [9.17, 15) is 14.4 Å². The average molecular weight is 531 g/mol. The predicted octanol–water partition coefficient (Wildman–Crippen LogP) is 4.82. The first kappa shape index (κ1) is 35.3. The first-order chi connectivity index (χ1) is 18.1. The van der Waals surface area contributed by atoms with Gasteiger partial charge < -0.3 is 20.4 Å². The molecule has 0 radical (unpaired) electrons. The van der Waals surface area contributed by atoms with Crippen molar-refractivity contribution in [2.45, 2.75) is 92.7 Å². The molecule has 0 bridgehead atoms. The number of carbonyl (C=O) groups is 3. The summed E-state index contributed by atoms with van der Waals surface area (Å²) in [6, 6.07) is 10.5. The molecule has 0 aliphatic carbocycles. The zero-order valence-electron chi connectivity index (χ0n) is 25.3. The van der Waals surface area contributed by atoms with E-state index in [-0.39, 0.29) is 30.3 Å². The van der Waals surface area contributed by atoms with E-state index in [1.54, 1.807) is 24.9 Å². The number of benzene rings is 1. The molecule has 3 amide bonds. The van der Waals surface area contributed by atoms with Gasteiger partial charge in [0.05, 0.1) is 12.6 Å². The molecule has 1 aromatic carbocycles. The molecule has 1 saturated heterocycles. The van der Waals surface area contributed by atoms with E-state index in [1.807, 2.05) is 44.2 Å². The number of rotatable bonds is 11. The van der Waals surface area contributed by atoms with Crippen LogP contribution in [0, 0.1) is 5.92 Å². The molecule has 7 nitrogen and oxygen atoms in total. The Bertz CT molecular complexity index is 803. The molecule has 216 valence electrons. The second-order valence-corrected chi connectivity index (χ2v) is 10.5. The van der Waals surface area contributed by atoms with Crippen molar-refractivity contribution >= 4 is 18.2 Å². The molecule has 7 heteroatoms. The molecule has 1 heterocycles. The minimum Gasteiger partial charge on any atom is -0.352 e. The Morgan fingerprint density at radius 3 is 2.08 bits per heavy atom. The Morgan fingerprint density at radius 2 is 1.61 bits per heavy atom. The van der Waals surface area contributed by atoms with Crippen LogP contribution in [-0.4, -0.2) is 73.3 Å². The van der Waals surface area contributed by atoms with Crippen molar-refractivity contribution in [3.8, 4) is 0 Å². The highest BCUT2D eigenvalue weighted by Crippen LogP contribution is 2.14. The van der Waals surface area contributed by atoms with Crippen molar-refractivity contribution in [1.29, 1.82) is 0 Å². The van der Waals surface area contributed by atoms with Gasteiger partial charge in [-0.15, -0.1) is 0 Å². The highest BCUT2D eigenvalue weighted by molar-refractivity contribution is 5.93. The third kappa shape index (κ3) is 15.6. The highest BCUT2D eigenvalue weighted by Gasteiger charge is 2.22. The van der Waals surface area contributed by atoms with Crippen molar-refractivity contribution in [3.63, 3.8) is 0 Å². The molecule has 2 rings (SSSR count). The molecule has 1 aliphatic heterocycles. The molecule has 0 spiro atoms. The number of likely N-dealkylation sites (N-methyl/N-ethyl adjacent to an activating group) is 1. The Labute approximate surface area is 232 Å². The van der Waals surface area contributed by atoms with Crippen molar-refractivity contribution in [3.05, 3.63) is 47.5 Å². The molecule has 2 N–H and O–H groups in total. The number of hydrogen-bond acceptors (Lipinski definition) is 4. The molecule has 1 aromatic rings. The monoisotopic (exact) mass is 530 g/mol. The largest absolute Gasteiger partial charge is 0.352 e. The standard InChI is InChI=1S/C20H29N3O3.C8H17N.C3H8/c1-15(2)18(23(4)19(25)13-21-14-24)12-16(3)20(26)22-11-10-17-8-6-5-7-9-17;1-8(2)9-6-4-3-5-7-9;1-3-2/h5-9,12,14-15,18H,10-11,13H2,1-4H3,(H,21,24)(H,22,26);8H,3-7H2,1-2H3;3H2,1-2H3/b16-12+;;. The van der Waals surface area contributed by atoms with Crippen molar-refractivity contribution in [1.82, 2.24) is 20.4 Å². The van der Waals surface area contributed by atoms with Gasteiger partial charge in [0.25, 0.3) is 0 Å². The van der Waals surface area contributed by atoms with Gasteiger partial charge in [-0.1, -0.05) is 76.9 Å². The van der Waals surface area contributed by atoms with Crippen LogP contribution in [0.1, 0.15) is 79.7 Å². The van der Waals surface area contributed by atoms with Gasteiger partial charge in [0.2, 0.25) is 18.2 Å². The number of nitrogens with zero attached hydrogens (tertiary/aromatic N) is 2. The molecule has 0 aromatic heterocycles. The molecule has 38 heavy (non-hydrogen) atoms. The smallest absolute Gasteiger partial charge is 0.246 e. The van der Waals surface area contributed by atoms with E-state index in [0.29, 0.717) is 18.5 Å². The van der Waals surface area contributed by atoms with Crippen LogP contribution in [0.5, 0.6) is 0 Å². The number of amides is 3. The van der Waals surface area contributed by atoms with Crippen LogP contribution in [0.25, 0.3) is 0 Å². The SMILES string of the molecule is C/C(=C\C(C(C)C)N(C)C(=O)CNC=O)C(=O)NCCc1ccccc1.CC(C)N1CCCCC1.CCC. The summed E-state index contributed by atoms with van der Waals surface area (Å²) in [5.41, 5.74) is 1.74. The van der Waals surface area contributed by atoms with Gasteiger partial charge in [0.15, 0.2) is 0 Å². The first-order valence-corrected chi connectivity index (χ1v) is 14.3. The quantitative estimate of drug-likeness (QED) is 0.318. The Hall–Kier alpha value is -2.67. The lowest BCUT2D eigenvalue weighted by molar-refractivity contribution is -0.132. The first-order valence-electron chi connectivity index (χ1n) is 14.3. The molecule has 1 atom stereocenters. The third-order valence-electron chi connectivity index (χ3n) is 6.30. The van der Waals surface area contributed by atoms with Gasteiger partial charge in [-0.3, -0.25) is 14.4 Å². The van der Waals surface area contributed by atoms with Gasteiger partial charge >= 0.3 is 0 Å². The maximum Gasteiger partial charge on any atom is 0.246 e. The number of carbonyl (C=O) groups excluding carboxylic acids is 3. The Balaban J connectivity index is 0.000000938. The molecule has 1 unspecified atom stereocenters. The van der Waals surface area contributed by atoms with Crippen molar-refractivity contribution < 1.29 is 14.4 Å². The van der Waals surface area contributed by atoms with Crippen LogP contribution in [0.3, 0.4) is 0 Å². The maximum atomic E-state index is 12.3. The van der Waals surface area contributed by atoms with Crippen LogP contribution in [0.2, 0.25) is 0 Å². The molecular formula is C31H54N4O3. The average Bonchev–Trinajstić information content (AvgIpc) is 2.91. The summed E-state index contributed by atoms with van der Waals surface area (Å²) in [6.45, 7) is 17.7. The third-order valence-corrected chi connectivity index (χ3v) is 6.30. The highest BCUT2D eigenvalue weighted by atomic mass is 16.2. The summed E-state index contributed by atoms with van der Waals surface area (Å²) in [7, 11) is 1.68. The van der Waals surface area contributed by atoms with Crippen molar-refractivity contribution in [2.75, 3.05) is 33.2 Å². The summed E-state index contributed by atoms with van der Waals surface area (Å²) in [4.78, 5) is 38.9. The van der Waals surface area contributed by atoms with E-state index in [4.69, 9.17) is 0 Å². The van der Waals surface area contributed by atoms with E-state index < -0.39 is 0 Å². The summed E-state index contributed by atoms with van der Waals surface area (Å²) < 4.78 is 0. The van der Waals surface area contributed by atoms with Crippen LogP contribution >= 0.6 is 0 Å². The summed E-state index contributed by atoms with van der Waals surface area (Å²) in [6.07, 6.45) is 8.60. The number of likely N-dealkylation sites (tertiary alicyclic amines) is 1. The lowest BCUT2D eigenvalue weighted by atomic mass is 9.99. The number of piperidine rings is 1. The molecular weight excluding hydrogens is 476 g/mol. The lowest BCUT2D eigenvalue weighted by Gasteiger charge is -2.29. The van der Waals surface area contributed by atoms with Crippen LogP contribution in [0.4, 0.5) is 0 Å². The van der Waals surface area contributed by atoms with E-state index in [1.165, 1.54) is 44.3 Å². The minimum atomic E-state index is -0.226. The number of hydrogen-bond donors (Lipinski definition) is 2. The van der Waals surface area contributed by atoms with Gasteiger partial charge in [0, 0.05) is 25.2 Å². The fourth-order valence-corrected chi connectivity index (χ4v) is 4.04. The summed E-state index contributed by atoms with van der Waals surface area (Å²) >= 11 is 0. The molecule has 0 saturated carbocycles. The predicted molar refractivity (Wildman–Crippen MR) is 159 cm³/mol. The van der Waals surface area contributed by atoms with Gasteiger partial charge in [-0.05, 0) is 64.6 Å². The lowest BCUT2D eigenvalue weighted by Crippen LogP contribution is -2.43. The van der Waals surface area contributed by atoms with Crippen LogP contribution in [-0.2, 0) is 20.8 Å². The van der Waals surface area contributed by atoms with Crippen LogP contribution in [0.15, 0.2) is 42.0 Å². The summed E-state index contributed by atoms with van der Waals surface area (Å²) in [5, 5.41) is 5.28. The van der Waals surface area contributed by atoms with Gasteiger partial charge in [-0.25, -0.2) is 0 Å².